The number of nitrogens with one attached hydrogen (secondary N) is 1. The van der Waals surface area contributed by atoms with Crippen LogP contribution in [-0.4, -0.2) is 17.2 Å². The lowest BCUT2D eigenvalue weighted by Crippen LogP contribution is -2.43. The molecule has 0 saturated heterocycles. The fourth-order valence-corrected chi connectivity index (χ4v) is 3.60. The molecule has 0 aliphatic heterocycles. The summed E-state index contributed by atoms with van der Waals surface area (Å²) in [6.45, 7) is 0.283. The average Bonchev–Trinajstić information content (AvgIpc) is 2.93. The SMILES string of the molecule is N#Cc1ccccc1COc1ccc(C=NNC(=O)C(O)(c2ccccc2)c2ccccc2)cc1. The fraction of sp³-hybridized carbons (Fsp3) is 0.0690. The van der Waals surface area contributed by atoms with E-state index >= 15 is 0 Å². The van der Waals surface area contributed by atoms with E-state index in [1.807, 2.05) is 30.3 Å². The Hall–Kier alpha value is -4.73. The second-order valence-corrected chi connectivity index (χ2v) is 7.77. The molecule has 0 unspecified atom stereocenters. The number of amides is 1. The molecule has 4 aromatic rings. The molecule has 0 aliphatic rings. The first-order valence-electron chi connectivity index (χ1n) is 11.0. The highest BCUT2D eigenvalue weighted by Crippen LogP contribution is 2.29. The Balaban J connectivity index is 1.42. The molecule has 0 aromatic heterocycles. The largest absolute Gasteiger partial charge is 0.489 e. The van der Waals surface area contributed by atoms with E-state index < -0.39 is 11.5 Å². The zero-order valence-electron chi connectivity index (χ0n) is 18.8. The number of ether oxygens (including phenoxy) is 1. The molecule has 0 radical (unpaired) electrons. The number of hydrogen-bond donors (Lipinski definition) is 2. The molecule has 6 heteroatoms. The van der Waals surface area contributed by atoms with Gasteiger partial charge in [-0.1, -0.05) is 78.9 Å². The van der Waals surface area contributed by atoms with Crippen molar-refractivity contribution in [3.8, 4) is 11.8 Å². The number of carbonyl (C=O) groups is 1. The summed E-state index contributed by atoms with van der Waals surface area (Å²) < 4.78 is 5.78. The smallest absolute Gasteiger partial charge is 0.281 e. The van der Waals surface area contributed by atoms with Crippen LogP contribution < -0.4 is 10.2 Å². The summed E-state index contributed by atoms with van der Waals surface area (Å²) in [5.74, 6) is -0.0243. The maximum Gasteiger partial charge on any atom is 0.281 e. The fourth-order valence-electron chi connectivity index (χ4n) is 3.60. The molecule has 0 aliphatic carbocycles. The van der Waals surface area contributed by atoms with Crippen LogP contribution in [0.3, 0.4) is 0 Å². The van der Waals surface area contributed by atoms with Crippen LogP contribution in [0.15, 0.2) is 114 Å². The van der Waals surface area contributed by atoms with Gasteiger partial charge in [0.2, 0.25) is 0 Å². The van der Waals surface area contributed by atoms with Gasteiger partial charge >= 0.3 is 0 Å². The predicted octanol–water partition coefficient (Wildman–Crippen LogP) is 4.52. The third-order valence-corrected chi connectivity index (χ3v) is 5.50. The number of nitriles is 1. The van der Waals surface area contributed by atoms with Gasteiger partial charge in [-0.05, 0) is 47.0 Å². The number of rotatable bonds is 8. The number of hydrogen-bond acceptors (Lipinski definition) is 5. The zero-order valence-corrected chi connectivity index (χ0v) is 18.8. The van der Waals surface area contributed by atoms with Crippen molar-refractivity contribution in [1.29, 1.82) is 5.26 Å². The summed E-state index contributed by atoms with van der Waals surface area (Å²) in [7, 11) is 0. The van der Waals surface area contributed by atoms with Crippen molar-refractivity contribution in [2.45, 2.75) is 12.2 Å². The molecule has 1 amide bonds. The van der Waals surface area contributed by atoms with Crippen molar-refractivity contribution < 1.29 is 14.6 Å². The molecule has 0 bridgehead atoms. The highest BCUT2D eigenvalue weighted by Gasteiger charge is 2.39. The Morgan fingerprint density at radius 3 is 2.06 bits per heavy atom. The normalized spacial score (nSPS) is 11.1. The lowest BCUT2D eigenvalue weighted by Gasteiger charge is -2.27. The Bertz CT molecular complexity index is 1310. The van der Waals surface area contributed by atoms with Gasteiger partial charge < -0.3 is 9.84 Å². The van der Waals surface area contributed by atoms with Crippen LogP contribution in [0.1, 0.15) is 27.8 Å². The Morgan fingerprint density at radius 2 is 1.46 bits per heavy atom. The molecular weight excluding hydrogens is 438 g/mol. The van der Waals surface area contributed by atoms with Crippen LogP contribution in [0, 0.1) is 11.3 Å². The van der Waals surface area contributed by atoms with Gasteiger partial charge in [0.25, 0.3) is 5.91 Å². The molecule has 0 heterocycles. The van der Waals surface area contributed by atoms with E-state index in [2.05, 4.69) is 16.6 Å². The van der Waals surface area contributed by atoms with E-state index in [9.17, 15) is 15.2 Å². The number of carbonyl (C=O) groups excluding carboxylic acids is 1. The Labute approximate surface area is 203 Å². The monoisotopic (exact) mass is 461 g/mol. The van der Waals surface area contributed by atoms with Gasteiger partial charge in [0.15, 0.2) is 5.60 Å². The predicted molar refractivity (Wildman–Crippen MR) is 134 cm³/mol. The summed E-state index contributed by atoms with van der Waals surface area (Å²) in [6, 6.07) is 34.1. The molecular formula is C29H23N3O3. The maximum atomic E-state index is 13.1. The van der Waals surface area contributed by atoms with E-state index in [1.54, 1.807) is 78.9 Å². The quantitative estimate of drug-likeness (QED) is 0.298. The molecule has 2 N–H and O–H groups in total. The minimum absolute atomic E-state index is 0.283. The zero-order chi connectivity index (χ0) is 24.5. The molecule has 35 heavy (non-hydrogen) atoms. The number of benzene rings is 4. The van der Waals surface area contributed by atoms with Gasteiger partial charge in [-0.15, -0.1) is 0 Å². The van der Waals surface area contributed by atoms with E-state index in [-0.39, 0.29) is 6.61 Å². The highest BCUT2D eigenvalue weighted by atomic mass is 16.5. The van der Waals surface area contributed by atoms with Crippen molar-refractivity contribution >= 4 is 12.1 Å². The average molecular weight is 462 g/mol. The molecule has 0 saturated carbocycles. The van der Waals surface area contributed by atoms with Crippen LogP contribution in [-0.2, 0) is 17.0 Å². The highest BCUT2D eigenvalue weighted by molar-refractivity contribution is 5.91. The topological polar surface area (TPSA) is 94.7 Å². The van der Waals surface area contributed by atoms with E-state index in [1.165, 1.54) is 6.21 Å². The third-order valence-electron chi connectivity index (χ3n) is 5.50. The van der Waals surface area contributed by atoms with Crippen LogP contribution in [0.2, 0.25) is 0 Å². The number of nitrogens with zero attached hydrogens (tertiary/aromatic N) is 2. The van der Waals surface area contributed by atoms with Gasteiger partial charge in [-0.3, -0.25) is 4.79 Å². The lowest BCUT2D eigenvalue weighted by atomic mass is 9.85. The van der Waals surface area contributed by atoms with E-state index in [4.69, 9.17) is 4.74 Å². The second-order valence-electron chi connectivity index (χ2n) is 7.77. The summed E-state index contributed by atoms with van der Waals surface area (Å²) >= 11 is 0. The van der Waals surface area contributed by atoms with Crippen LogP contribution >= 0.6 is 0 Å². The van der Waals surface area contributed by atoms with Gasteiger partial charge in [-0.25, -0.2) is 5.43 Å². The molecule has 6 nitrogen and oxygen atoms in total. The Morgan fingerprint density at radius 1 is 0.886 bits per heavy atom. The van der Waals surface area contributed by atoms with Gasteiger partial charge in [0.05, 0.1) is 17.8 Å². The first-order valence-corrected chi connectivity index (χ1v) is 11.0. The van der Waals surface area contributed by atoms with Crippen molar-refractivity contribution in [3.63, 3.8) is 0 Å². The van der Waals surface area contributed by atoms with Crippen molar-refractivity contribution in [3.05, 3.63) is 137 Å². The third kappa shape index (κ3) is 5.44. The molecule has 4 aromatic carbocycles. The maximum absolute atomic E-state index is 13.1. The molecule has 0 fully saturated rings. The van der Waals surface area contributed by atoms with E-state index in [0.29, 0.717) is 22.4 Å². The molecule has 0 spiro atoms. The minimum atomic E-state index is -1.89. The van der Waals surface area contributed by atoms with Gasteiger partial charge in [0.1, 0.15) is 12.4 Å². The lowest BCUT2D eigenvalue weighted by molar-refractivity contribution is -0.136. The minimum Gasteiger partial charge on any atom is -0.489 e. The summed E-state index contributed by atoms with van der Waals surface area (Å²) in [4.78, 5) is 13.1. The molecule has 4 rings (SSSR count). The summed E-state index contributed by atoms with van der Waals surface area (Å²) in [6.07, 6.45) is 1.49. The summed E-state index contributed by atoms with van der Waals surface area (Å²) in [5, 5.41) is 24.7. The number of hydrazone groups is 1. The summed E-state index contributed by atoms with van der Waals surface area (Å²) in [5.41, 5.74) is 3.58. The second kappa shape index (κ2) is 10.9. The van der Waals surface area contributed by atoms with Crippen molar-refractivity contribution in [2.75, 3.05) is 0 Å². The Kier molecular flexibility index (Phi) is 7.31. The van der Waals surface area contributed by atoms with E-state index in [0.717, 1.165) is 11.1 Å². The van der Waals surface area contributed by atoms with Crippen LogP contribution in [0.5, 0.6) is 5.75 Å². The standard InChI is InChI=1S/C29H23N3O3/c30-19-23-9-7-8-10-24(23)21-35-27-17-15-22(16-18-27)20-31-32-28(33)29(34,25-11-3-1-4-12-25)26-13-5-2-6-14-26/h1-18,20,34H,21H2,(H,32,33). The van der Waals surface area contributed by atoms with Gasteiger partial charge in [0, 0.05) is 5.56 Å². The van der Waals surface area contributed by atoms with Crippen molar-refractivity contribution in [1.82, 2.24) is 5.43 Å². The van der Waals surface area contributed by atoms with Gasteiger partial charge in [-0.2, -0.15) is 10.4 Å². The first kappa shape index (κ1) is 23.4. The molecule has 0 atom stereocenters. The molecule has 172 valence electrons. The van der Waals surface area contributed by atoms with Crippen LogP contribution in [0.25, 0.3) is 0 Å². The van der Waals surface area contributed by atoms with Crippen molar-refractivity contribution in [2.24, 2.45) is 5.10 Å². The first-order chi connectivity index (χ1) is 17.1. The van der Waals surface area contributed by atoms with Crippen LogP contribution in [0.4, 0.5) is 0 Å². The number of aliphatic hydroxyl groups is 1.